The fourth-order valence-electron chi connectivity index (χ4n) is 2.05. The molecule has 1 aromatic carbocycles. The van der Waals surface area contributed by atoms with E-state index in [0.29, 0.717) is 11.4 Å². The first-order valence-electron chi connectivity index (χ1n) is 6.31. The number of ketones is 1. The number of carbonyl (C=O) groups is 2. The van der Waals surface area contributed by atoms with Crippen LogP contribution < -0.4 is 5.01 Å². The smallest absolute Gasteiger partial charge is 0.263 e. The van der Waals surface area contributed by atoms with Crippen LogP contribution in [0.2, 0.25) is 0 Å². The highest BCUT2D eigenvalue weighted by Crippen LogP contribution is 2.29. The van der Waals surface area contributed by atoms with Gasteiger partial charge in [0.2, 0.25) is 0 Å². The zero-order valence-corrected chi connectivity index (χ0v) is 11.7. The fraction of sp³-hybridized carbons (Fsp3) is 0.400. The van der Waals surface area contributed by atoms with E-state index in [4.69, 9.17) is 0 Å². The summed E-state index contributed by atoms with van der Waals surface area (Å²) in [6.07, 6.45) is 0. The van der Waals surface area contributed by atoms with Gasteiger partial charge >= 0.3 is 0 Å². The minimum absolute atomic E-state index is 0.0859. The van der Waals surface area contributed by atoms with Crippen LogP contribution in [0.15, 0.2) is 35.4 Å². The van der Waals surface area contributed by atoms with E-state index < -0.39 is 11.3 Å². The first-order valence-corrected chi connectivity index (χ1v) is 6.31. The normalized spacial score (nSPS) is 19.6. The number of benzene rings is 1. The van der Waals surface area contributed by atoms with Crippen molar-refractivity contribution in [3.8, 4) is 0 Å². The highest BCUT2D eigenvalue weighted by atomic mass is 16.2. The molecule has 4 heteroatoms. The van der Waals surface area contributed by atoms with Gasteiger partial charge in [-0.25, -0.2) is 0 Å². The fourth-order valence-corrected chi connectivity index (χ4v) is 2.05. The first kappa shape index (κ1) is 13.5. The molecule has 0 spiro atoms. The summed E-state index contributed by atoms with van der Waals surface area (Å²) in [7, 11) is 0. The monoisotopic (exact) mass is 258 g/mol. The van der Waals surface area contributed by atoms with Gasteiger partial charge < -0.3 is 0 Å². The Kier molecular flexibility index (Phi) is 3.27. The number of para-hydroxylation sites is 1. The van der Waals surface area contributed by atoms with Crippen LogP contribution >= 0.6 is 0 Å². The maximum absolute atomic E-state index is 12.4. The third-order valence-electron chi connectivity index (χ3n) is 3.13. The quantitative estimate of drug-likeness (QED) is 0.766. The Morgan fingerprint density at radius 3 is 2.32 bits per heavy atom. The van der Waals surface area contributed by atoms with Gasteiger partial charge in [-0.05, 0) is 19.1 Å². The molecule has 2 rings (SSSR count). The van der Waals surface area contributed by atoms with Gasteiger partial charge in [-0.3, -0.25) is 9.59 Å². The summed E-state index contributed by atoms with van der Waals surface area (Å²) < 4.78 is 0. The Labute approximate surface area is 113 Å². The van der Waals surface area contributed by atoms with Crippen molar-refractivity contribution in [1.82, 2.24) is 0 Å². The molecule has 0 fully saturated rings. The SMILES string of the molecule is CC1=NN(c2ccccc2)C(=O)[C@H]1C(=O)C(C)(C)C. The Hall–Kier alpha value is -1.97. The number of anilines is 1. The summed E-state index contributed by atoms with van der Waals surface area (Å²) in [6.45, 7) is 7.19. The molecule has 0 aromatic heterocycles. The van der Waals surface area contributed by atoms with Crippen LogP contribution in [0.25, 0.3) is 0 Å². The minimum Gasteiger partial charge on any atom is -0.298 e. The molecule has 0 saturated heterocycles. The molecular weight excluding hydrogens is 240 g/mol. The highest BCUT2D eigenvalue weighted by molar-refractivity contribution is 6.27. The van der Waals surface area contributed by atoms with E-state index in [2.05, 4.69) is 5.10 Å². The minimum atomic E-state index is -0.750. The van der Waals surface area contributed by atoms with Crippen LogP contribution in [0.5, 0.6) is 0 Å². The van der Waals surface area contributed by atoms with E-state index in [1.165, 1.54) is 5.01 Å². The van der Waals surface area contributed by atoms with Crippen LogP contribution in [-0.4, -0.2) is 17.4 Å². The summed E-state index contributed by atoms with van der Waals surface area (Å²) in [6, 6.07) is 9.16. The number of Topliss-reactive ketones (excluding diaryl/α,β-unsaturated/α-hetero) is 1. The molecule has 100 valence electrons. The number of rotatable bonds is 2. The van der Waals surface area contributed by atoms with E-state index in [1.807, 2.05) is 39.0 Å². The van der Waals surface area contributed by atoms with Crippen LogP contribution in [-0.2, 0) is 9.59 Å². The molecular formula is C15H18N2O2. The lowest BCUT2D eigenvalue weighted by Crippen LogP contribution is -2.38. The Morgan fingerprint density at radius 1 is 1.21 bits per heavy atom. The average molecular weight is 258 g/mol. The lowest BCUT2D eigenvalue weighted by Gasteiger charge is -2.21. The van der Waals surface area contributed by atoms with Crippen molar-refractivity contribution in [2.24, 2.45) is 16.4 Å². The van der Waals surface area contributed by atoms with E-state index in [1.54, 1.807) is 19.1 Å². The van der Waals surface area contributed by atoms with Gasteiger partial charge in [0.05, 0.1) is 11.4 Å². The molecule has 0 bridgehead atoms. The topological polar surface area (TPSA) is 49.7 Å². The third kappa shape index (κ3) is 2.43. The van der Waals surface area contributed by atoms with Crippen molar-refractivity contribution in [3.05, 3.63) is 30.3 Å². The Balaban J connectivity index is 2.32. The van der Waals surface area contributed by atoms with Crippen molar-refractivity contribution in [3.63, 3.8) is 0 Å². The predicted molar refractivity (Wildman–Crippen MR) is 75.0 cm³/mol. The van der Waals surface area contributed by atoms with Crippen LogP contribution in [0.4, 0.5) is 5.69 Å². The number of amides is 1. The Bertz CT molecular complexity index is 541. The van der Waals surface area contributed by atoms with Gasteiger partial charge in [0.15, 0.2) is 5.78 Å². The number of nitrogens with zero attached hydrogens (tertiary/aromatic N) is 2. The molecule has 4 nitrogen and oxygen atoms in total. The lowest BCUT2D eigenvalue weighted by molar-refractivity contribution is -0.134. The summed E-state index contributed by atoms with van der Waals surface area (Å²) in [5.41, 5.74) is 0.703. The largest absolute Gasteiger partial charge is 0.298 e. The maximum Gasteiger partial charge on any atom is 0.263 e. The summed E-state index contributed by atoms with van der Waals surface area (Å²) in [4.78, 5) is 24.7. The second-order valence-electron chi connectivity index (χ2n) is 5.77. The molecule has 0 radical (unpaired) electrons. The van der Waals surface area contributed by atoms with Gasteiger partial charge in [0, 0.05) is 5.41 Å². The second-order valence-corrected chi connectivity index (χ2v) is 5.77. The van der Waals surface area contributed by atoms with Gasteiger partial charge in [0.1, 0.15) is 5.92 Å². The van der Waals surface area contributed by atoms with E-state index in [0.717, 1.165) is 0 Å². The standard InChI is InChI=1S/C15H18N2O2/c1-10-12(13(18)15(2,3)4)14(19)17(16-10)11-8-6-5-7-9-11/h5-9,12H,1-4H3/t12-/m1/s1. The molecule has 1 aliphatic rings. The summed E-state index contributed by atoms with van der Waals surface area (Å²) >= 11 is 0. The highest BCUT2D eigenvalue weighted by Gasteiger charge is 2.43. The number of hydrazone groups is 1. The van der Waals surface area contributed by atoms with Crippen LogP contribution in [0.3, 0.4) is 0 Å². The molecule has 1 heterocycles. The summed E-state index contributed by atoms with van der Waals surface area (Å²) in [5, 5.41) is 5.56. The molecule has 1 aromatic rings. The molecule has 1 amide bonds. The number of carbonyl (C=O) groups excluding carboxylic acids is 2. The zero-order chi connectivity index (χ0) is 14.2. The molecule has 1 atom stereocenters. The van der Waals surface area contributed by atoms with Gasteiger partial charge in [-0.15, -0.1) is 0 Å². The van der Waals surface area contributed by atoms with Crippen molar-refractivity contribution in [1.29, 1.82) is 0 Å². The number of hydrogen-bond donors (Lipinski definition) is 0. The van der Waals surface area contributed by atoms with E-state index in [9.17, 15) is 9.59 Å². The predicted octanol–water partition coefficient (Wildman–Crippen LogP) is 2.64. The molecule has 1 aliphatic heterocycles. The molecule has 19 heavy (non-hydrogen) atoms. The summed E-state index contributed by atoms with van der Waals surface area (Å²) in [5.74, 6) is -1.10. The maximum atomic E-state index is 12.4. The van der Waals surface area contributed by atoms with Crippen LogP contribution in [0.1, 0.15) is 27.7 Å². The molecule has 0 unspecified atom stereocenters. The van der Waals surface area contributed by atoms with Gasteiger partial charge in [-0.2, -0.15) is 10.1 Å². The Morgan fingerprint density at radius 2 is 1.79 bits per heavy atom. The zero-order valence-electron chi connectivity index (χ0n) is 11.7. The lowest BCUT2D eigenvalue weighted by atomic mass is 9.81. The van der Waals surface area contributed by atoms with E-state index in [-0.39, 0.29) is 11.7 Å². The van der Waals surface area contributed by atoms with E-state index >= 15 is 0 Å². The first-order chi connectivity index (χ1) is 8.82. The van der Waals surface area contributed by atoms with Crippen molar-refractivity contribution in [2.75, 3.05) is 5.01 Å². The van der Waals surface area contributed by atoms with Crippen molar-refractivity contribution in [2.45, 2.75) is 27.7 Å². The molecule has 0 N–H and O–H groups in total. The second kappa shape index (κ2) is 4.61. The molecule has 0 aliphatic carbocycles. The van der Waals surface area contributed by atoms with Gasteiger partial charge in [-0.1, -0.05) is 39.0 Å². The average Bonchev–Trinajstić information content (AvgIpc) is 2.64. The van der Waals surface area contributed by atoms with Gasteiger partial charge in [0.25, 0.3) is 5.91 Å². The molecule has 0 saturated carbocycles. The third-order valence-corrected chi connectivity index (χ3v) is 3.13. The van der Waals surface area contributed by atoms with Crippen LogP contribution in [0, 0.1) is 11.3 Å². The van der Waals surface area contributed by atoms with Crippen molar-refractivity contribution < 1.29 is 9.59 Å². The number of hydrogen-bond acceptors (Lipinski definition) is 3. The van der Waals surface area contributed by atoms with Crippen molar-refractivity contribution >= 4 is 23.1 Å².